The monoisotopic (exact) mass is 287 g/mol. The third kappa shape index (κ3) is 3.38. The minimum atomic E-state index is 0.280. The molecule has 2 aromatic rings. The van der Waals surface area contributed by atoms with Crippen molar-refractivity contribution < 1.29 is 9.47 Å². The van der Waals surface area contributed by atoms with E-state index in [0.717, 1.165) is 13.1 Å². The summed E-state index contributed by atoms with van der Waals surface area (Å²) in [6.45, 7) is 2.88. The van der Waals surface area contributed by atoms with E-state index in [9.17, 15) is 0 Å². The van der Waals surface area contributed by atoms with Crippen LogP contribution in [0.4, 0.5) is 11.9 Å². The zero-order valence-electron chi connectivity index (χ0n) is 11.8. The summed E-state index contributed by atoms with van der Waals surface area (Å²) in [5.41, 5.74) is 0. The maximum Gasteiger partial charge on any atom is 0.328 e. The fourth-order valence-corrected chi connectivity index (χ4v) is 2.00. The van der Waals surface area contributed by atoms with Crippen LogP contribution in [0.3, 0.4) is 0 Å². The lowest BCUT2D eigenvalue weighted by atomic mass is 10.3. The Labute approximate surface area is 123 Å². The van der Waals surface area contributed by atoms with Gasteiger partial charge in [0.05, 0.1) is 13.2 Å². The molecule has 0 spiro atoms. The van der Waals surface area contributed by atoms with Crippen molar-refractivity contribution >= 4 is 11.9 Å². The van der Waals surface area contributed by atoms with Gasteiger partial charge in [0, 0.05) is 20.1 Å². The van der Waals surface area contributed by atoms with Crippen LogP contribution in [0.5, 0.6) is 11.8 Å². The van der Waals surface area contributed by atoms with Gasteiger partial charge in [0.15, 0.2) is 0 Å². The van der Waals surface area contributed by atoms with Crippen LogP contribution in [0.2, 0.25) is 0 Å². The fraction of sp³-hybridized carbons (Fsp3) is 0.357. The number of para-hydroxylation sites is 1. The molecule has 1 aliphatic rings. The van der Waals surface area contributed by atoms with Crippen molar-refractivity contribution in [3.8, 4) is 11.8 Å². The van der Waals surface area contributed by atoms with E-state index >= 15 is 0 Å². The van der Waals surface area contributed by atoms with Gasteiger partial charge in [-0.15, -0.1) is 0 Å². The van der Waals surface area contributed by atoms with Crippen molar-refractivity contribution in [1.82, 2.24) is 15.0 Å². The van der Waals surface area contributed by atoms with Gasteiger partial charge >= 0.3 is 6.01 Å². The molecular weight excluding hydrogens is 270 g/mol. The molecule has 0 saturated carbocycles. The number of hydrogen-bond acceptors (Lipinski definition) is 7. The van der Waals surface area contributed by atoms with Crippen LogP contribution < -0.4 is 15.0 Å². The Kier molecular flexibility index (Phi) is 4.11. The van der Waals surface area contributed by atoms with Crippen molar-refractivity contribution in [3.05, 3.63) is 30.3 Å². The average molecular weight is 287 g/mol. The van der Waals surface area contributed by atoms with E-state index in [2.05, 4.69) is 25.2 Å². The van der Waals surface area contributed by atoms with Gasteiger partial charge in [-0.3, -0.25) is 0 Å². The third-order valence-corrected chi connectivity index (χ3v) is 3.07. The second-order valence-corrected chi connectivity index (χ2v) is 4.51. The molecule has 0 radical (unpaired) electrons. The van der Waals surface area contributed by atoms with Crippen molar-refractivity contribution in [3.63, 3.8) is 0 Å². The summed E-state index contributed by atoms with van der Waals surface area (Å²) in [6.07, 6.45) is 0. The SMILES string of the molecule is CNc1nc(Oc2ccccc2)nc(N2CCOCC2)n1. The van der Waals surface area contributed by atoms with Gasteiger partial charge in [-0.2, -0.15) is 15.0 Å². The molecule has 1 aromatic carbocycles. The van der Waals surface area contributed by atoms with Crippen LogP contribution >= 0.6 is 0 Å². The Bertz CT molecular complexity index is 587. The van der Waals surface area contributed by atoms with E-state index < -0.39 is 0 Å². The lowest BCUT2D eigenvalue weighted by Crippen LogP contribution is -2.37. The topological polar surface area (TPSA) is 72.4 Å². The number of nitrogens with one attached hydrogen (secondary N) is 1. The summed E-state index contributed by atoms with van der Waals surface area (Å²) in [5.74, 6) is 1.78. The molecule has 7 nitrogen and oxygen atoms in total. The number of hydrogen-bond donors (Lipinski definition) is 1. The Balaban J connectivity index is 1.85. The largest absolute Gasteiger partial charge is 0.424 e. The molecule has 1 fully saturated rings. The first-order valence-corrected chi connectivity index (χ1v) is 6.84. The second kappa shape index (κ2) is 6.36. The van der Waals surface area contributed by atoms with Crippen molar-refractivity contribution in [2.24, 2.45) is 0 Å². The summed E-state index contributed by atoms with van der Waals surface area (Å²) in [4.78, 5) is 15.0. The number of ether oxygens (including phenoxy) is 2. The number of rotatable bonds is 4. The first-order chi connectivity index (χ1) is 10.3. The lowest BCUT2D eigenvalue weighted by Gasteiger charge is -2.26. The highest BCUT2D eigenvalue weighted by Gasteiger charge is 2.17. The highest BCUT2D eigenvalue weighted by atomic mass is 16.5. The first kappa shape index (κ1) is 13.6. The van der Waals surface area contributed by atoms with Crippen molar-refractivity contribution in [2.45, 2.75) is 0 Å². The van der Waals surface area contributed by atoms with E-state index in [1.807, 2.05) is 30.3 Å². The minimum absolute atomic E-state index is 0.280. The predicted octanol–water partition coefficient (Wildman–Crippen LogP) is 1.54. The number of benzene rings is 1. The van der Waals surface area contributed by atoms with Crippen LogP contribution in [0.25, 0.3) is 0 Å². The zero-order chi connectivity index (χ0) is 14.5. The van der Waals surface area contributed by atoms with Crippen LogP contribution in [0.15, 0.2) is 30.3 Å². The molecule has 3 rings (SSSR count). The standard InChI is InChI=1S/C14H17N5O2/c1-15-12-16-13(19-7-9-20-10-8-19)18-14(17-12)21-11-5-3-2-4-6-11/h2-6H,7-10H2,1H3,(H,15,16,17,18). The normalized spacial score (nSPS) is 14.8. The van der Waals surface area contributed by atoms with Crippen LogP contribution in [0.1, 0.15) is 0 Å². The number of morpholine rings is 1. The quantitative estimate of drug-likeness (QED) is 0.914. The molecule has 0 atom stereocenters. The number of aromatic nitrogens is 3. The number of anilines is 2. The summed E-state index contributed by atoms with van der Waals surface area (Å²) in [5, 5.41) is 2.93. The van der Waals surface area contributed by atoms with Gasteiger partial charge in [-0.25, -0.2) is 0 Å². The maximum atomic E-state index is 5.69. The molecule has 0 unspecified atom stereocenters. The molecule has 0 aliphatic carbocycles. The lowest BCUT2D eigenvalue weighted by molar-refractivity contribution is 0.122. The van der Waals surface area contributed by atoms with E-state index in [1.165, 1.54) is 0 Å². The molecule has 21 heavy (non-hydrogen) atoms. The van der Waals surface area contributed by atoms with Crippen molar-refractivity contribution in [1.29, 1.82) is 0 Å². The summed E-state index contributed by atoms with van der Waals surface area (Å²) < 4.78 is 11.0. The molecular formula is C14H17N5O2. The smallest absolute Gasteiger partial charge is 0.328 e. The van der Waals surface area contributed by atoms with Gasteiger partial charge < -0.3 is 19.7 Å². The highest BCUT2D eigenvalue weighted by Crippen LogP contribution is 2.21. The minimum Gasteiger partial charge on any atom is -0.424 e. The van der Waals surface area contributed by atoms with E-state index in [-0.39, 0.29) is 6.01 Å². The third-order valence-electron chi connectivity index (χ3n) is 3.07. The van der Waals surface area contributed by atoms with Gasteiger partial charge in [0.2, 0.25) is 11.9 Å². The summed E-state index contributed by atoms with van der Waals surface area (Å²) >= 11 is 0. The molecule has 0 amide bonds. The van der Waals surface area contributed by atoms with E-state index in [1.54, 1.807) is 7.05 Å². The molecule has 2 heterocycles. The first-order valence-electron chi connectivity index (χ1n) is 6.84. The summed E-state index contributed by atoms with van der Waals surface area (Å²) in [7, 11) is 1.77. The Morgan fingerprint density at radius 3 is 2.57 bits per heavy atom. The molecule has 1 saturated heterocycles. The van der Waals surface area contributed by atoms with Crippen LogP contribution in [-0.2, 0) is 4.74 Å². The molecule has 1 aliphatic heterocycles. The van der Waals surface area contributed by atoms with Crippen LogP contribution in [0, 0.1) is 0 Å². The Hall–Kier alpha value is -2.41. The van der Waals surface area contributed by atoms with Crippen LogP contribution in [-0.4, -0.2) is 48.3 Å². The Morgan fingerprint density at radius 1 is 1.10 bits per heavy atom. The van der Waals surface area contributed by atoms with Gasteiger partial charge in [-0.1, -0.05) is 18.2 Å². The molecule has 7 heteroatoms. The fourth-order valence-electron chi connectivity index (χ4n) is 2.00. The molecule has 110 valence electrons. The van der Waals surface area contributed by atoms with Crippen molar-refractivity contribution in [2.75, 3.05) is 43.6 Å². The predicted molar refractivity (Wildman–Crippen MR) is 78.9 cm³/mol. The molecule has 0 bridgehead atoms. The maximum absolute atomic E-state index is 5.69. The van der Waals surface area contributed by atoms with Gasteiger partial charge in [0.25, 0.3) is 0 Å². The van der Waals surface area contributed by atoms with E-state index in [4.69, 9.17) is 9.47 Å². The van der Waals surface area contributed by atoms with Gasteiger partial charge in [0.1, 0.15) is 5.75 Å². The summed E-state index contributed by atoms with van der Waals surface area (Å²) in [6, 6.07) is 9.73. The van der Waals surface area contributed by atoms with Gasteiger partial charge in [-0.05, 0) is 12.1 Å². The zero-order valence-corrected chi connectivity index (χ0v) is 11.8. The highest BCUT2D eigenvalue weighted by molar-refractivity contribution is 5.39. The molecule has 1 N–H and O–H groups in total. The average Bonchev–Trinajstić information content (AvgIpc) is 2.56. The molecule has 1 aromatic heterocycles. The second-order valence-electron chi connectivity index (χ2n) is 4.51. The Morgan fingerprint density at radius 2 is 1.86 bits per heavy atom. The van der Waals surface area contributed by atoms with E-state index in [0.29, 0.717) is 30.9 Å². The number of nitrogens with zero attached hydrogens (tertiary/aromatic N) is 4.